The van der Waals surface area contributed by atoms with E-state index in [0.29, 0.717) is 12.1 Å². The number of hydrogen-bond donors (Lipinski definition) is 1. The maximum absolute atomic E-state index is 11.7. The topological polar surface area (TPSA) is 42.4 Å². The van der Waals surface area contributed by atoms with Gasteiger partial charge in [-0.15, -0.1) is 0 Å². The van der Waals surface area contributed by atoms with Crippen LogP contribution in [0.3, 0.4) is 0 Å². The van der Waals surface area contributed by atoms with Gasteiger partial charge in [-0.3, -0.25) is 4.98 Å². The van der Waals surface area contributed by atoms with Crippen molar-refractivity contribution in [3.63, 3.8) is 0 Å². The van der Waals surface area contributed by atoms with Crippen molar-refractivity contribution in [2.24, 2.45) is 0 Å². The maximum Gasteiger partial charge on any atom is 0.319 e. The molecule has 4 rings (SSSR count). The molecule has 3 nitrogen and oxygen atoms in total. The molecule has 0 aliphatic heterocycles. The minimum absolute atomic E-state index is 0.145. The van der Waals surface area contributed by atoms with Gasteiger partial charge in [0.1, 0.15) is 11.4 Å². The van der Waals surface area contributed by atoms with Gasteiger partial charge >= 0.3 is 8.32 Å². The van der Waals surface area contributed by atoms with Crippen LogP contribution in [0.5, 0.6) is 5.75 Å². The fourth-order valence-electron chi connectivity index (χ4n) is 4.78. The Morgan fingerprint density at radius 1 is 0.765 bits per heavy atom. The number of nitrogens with zero attached hydrogens (tertiary/aromatic N) is 1. The van der Waals surface area contributed by atoms with Crippen molar-refractivity contribution >= 4 is 18.7 Å². The molecule has 4 aromatic rings. The van der Waals surface area contributed by atoms with Crippen LogP contribution in [0.1, 0.15) is 45.4 Å². The lowest BCUT2D eigenvalue weighted by atomic mass is 9.87. The second-order valence-electron chi connectivity index (χ2n) is 9.72. The lowest BCUT2D eigenvalue weighted by molar-refractivity contribution is 0.0717. The molecule has 4 heteroatoms. The summed E-state index contributed by atoms with van der Waals surface area (Å²) < 4.78 is 7.16. The van der Waals surface area contributed by atoms with Gasteiger partial charge in [0.25, 0.3) is 0 Å². The van der Waals surface area contributed by atoms with Crippen LogP contribution in [-0.4, -0.2) is 18.4 Å². The van der Waals surface area contributed by atoms with Gasteiger partial charge in [-0.1, -0.05) is 107 Å². The Morgan fingerprint density at radius 3 is 1.85 bits per heavy atom. The monoisotopic (exact) mass is 467 g/mol. The first-order valence-corrected chi connectivity index (χ1v) is 13.8. The molecule has 1 heterocycles. The number of benzene rings is 3. The number of hydrogen-bond acceptors (Lipinski definition) is 3. The summed E-state index contributed by atoms with van der Waals surface area (Å²) in [4.78, 5) is 4.45. The van der Waals surface area contributed by atoms with Gasteiger partial charge in [0.05, 0.1) is 5.69 Å². The predicted molar refractivity (Wildman–Crippen MR) is 142 cm³/mol. The summed E-state index contributed by atoms with van der Waals surface area (Å²) in [6.45, 7) is 8.77. The van der Waals surface area contributed by atoms with Gasteiger partial charge in [0.2, 0.25) is 0 Å². The number of rotatable bonds is 7. The normalized spacial score (nSPS) is 13.8. The van der Waals surface area contributed by atoms with Crippen molar-refractivity contribution in [1.82, 2.24) is 4.98 Å². The van der Waals surface area contributed by atoms with Crippen LogP contribution in [0.25, 0.3) is 0 Å². The van der Waals surface area contributed by atoms with E-state index in [1.165, 1.54) is 10.4 Å². The fourth-order valence-corrected chi connectivity index (χ4v) is 9.20. The molecule has 0 bridgehead atoms. The molecular weight excluding hydrogens is 434 g/mol. The highest BCUT2D eigenvalue weighted by Crippen LogP contribution is 2.39. The Balaban J connectivity index is 1.87. The van der Waals surface area contributed by atoms with Crippen LogP contribution in [0.4, 0.5) is 0 Å². The van der Waals surface area contributed by atoms with Crippen molar-refractivity contribution in [2.75, 3.05) is 0 Å². The molecule has 1 unspecified atom stereocenters. The average molecular weight is 468 g/mol. The van der Waals surface area contributed by atoms with Gasteiger partial charge in [-0.2, -0.15) is 0 Å². The van der Waals surface area contributed by atoms with Crippen molar-refractivity contribution < 1.29 is 9.53 Å². The van der Waals surface area contributed by atoms with Crippen molar-refractivity contribution in [1.29, 1.82) is 0 Å². The number of aromatic nitrogens is 1. The minimum atomic E-state index is -2.76. The van der Waals surface area contributed by atoms with E-state index in [1.54, 1.807) is 6.20 Å². The summed E-state index contributed by atoms with van der Waals surface area (Å²) in [6.07, 6.45) is 2.23. The number of aliphatic hydroxyl groups is 1. The zero-order valence-corrected chi connectivity index (χ0v) is 21.4. The Bertz CT molecular complexity index is 1170. The highest BCUT2D eigenvalue weighted by atomic mass is 28.4. The van der Waals surface area contributed by atoms with Crippen molar-refractivity contribution in [3.8, 4) is 5.75 Å². The molecule has 174 valence electrons. The van der Waals surface area contributed by atoms with E-state index in [9.17, 15) is 5.11 Å². The van der Waals surface area contributed by atoms with E-state index in [2.05, 4.69) is 74.3 Å². The Kier molecular flexibility index (Phi) is 6.74. The maximum atomic E-state index is 11.7. The van der Waals surface area contributed by atoms with Crippen LogP contribution in [0.15, 0.2) is 109 Å². The lowest BCUT2D eigenvalue weighted by Crippen LogP contribution is -2.68. The summed E-state index contributed by atoms with van der Waals surface area (Å²) in [6, 6.07) is 34.7. The van der Waals surface area contributed by atoms with Crippen LogP contribution in [0, 0.1) is 0 Å². The van der Waals surface area contributed by atoms with Crippen LogP contribution in [-0.2, 0) is 5.60 Å². The summed E-state index contributed by atoms with van der Waals surface area (Å²) in [5, 5.41) is 14.0. The van der Waals surface area contributed by atoms with Gasteiger partial charge in [0.15, 0.2) is 0 Å². The standard InChI is InChI=1S/C30H33NO2Si/c1-5-30(32,28-21-12-13-22-31-28)24-15-14-16-25(23-24)33-34(29(2,3)4,26-17-8-6-9-18-26)27-19-10-7-11-20-27/h6-23,32H,5H2,1-4H3. The van der Waals surface area contributed by atoms with E-state index < -0.39 is 13.9 Å². The molecule has 0 spiro atoms. The predicted octanol–water partition coefficient (Wildman–Crippen LogP) is 5.67. The molecular formula is C30H33NO2Si. The molecule has 1 N–H and O–H groups in total. The number of pyridine rings is 1. The van der Waals surface area contributed by atoms with Crippen molar-refractivity contribution in [3.05, 3.63) is 121 Å². The summed E-state index contributed by atoms with van der Waals surface area (Å²) in [7, 11) is -2.76. The average Bonchev–Trinajstić information content (AvgIpc) is 2.88. The third-order valence-electron chi connectivity index (χ3n) is 6.60. The Labute approximate surface area is 204 Å². The third kappa shape index (κ3) is 4.31. The van der Waals surface area contributed by atoms with Gasteiger partial charge in [-0.05, 0) is 51.7 Å². The minimum Gasteiger partial charge on any atom is -0.534 e. The first-order valence-electron chi connectivity index (χ1n) is 11.9. The van der Waals surface area contributed by atoms with E-state index in [-0.39, 0.29) is 5.04 Å². The largest absolute Gasteiger partial charge is 0.534 e. The molecule has 0 radical (unpaired) electrons. The molecule has 0 fully saturated rings. The van der Waals surface area contributed by atoms with Crippen LogP contribution >= 0.6 is 0 Å². The SMILES string of the molecule is CCC(O)(c1cccc(O[Si](c2ccccc2)(c2ccccc2)C(C)(C)C)c1)c1ccccn1. The first-order chi connectivity index (χ1) is 16.3. The van der Waals surface area contributed by atoms with E-state index >= 15 is 0 Å². The third-order valence-corrected chi connectivity index (χ3v) is 11.5. The molecule has 1 aromatic heterocycles. The quantitative estimate of drug-likeness (QED) is 0.356. The smallest absolute Gasteiger partial charge is 0.319 e. The van der Waals surface area contributed by atoms with E-state index in [1.807, 2.05) is 61.5 Å². The molecule has 0 saturated carbocycles. The Morgan fingerprint density at radius 2 is 1.35 bits per heavy atom. The van der Waals surface area contributed by atoms with Crippen molar-refractivity contribution in [2.45, 2.75) is 44.8 Å². The zero-order chi connectivity index (χ0) is 24.2. The second-order valence-corrected chi connectivity index (χ2v) is 13.9. The highest BCUT2D eigenvalue weighted by molar-refractivity contribution is 7.00. The van der Waals surface area contributed by atoms with Gasteiger partial charge < -0.3 is 9.53 Å². The first kappa shape index (κ1) is 23.9. The molecule has 0 saturated heterocycles. The Hall–Kier alpha value is -3.21. The summed E-state index contributed by atoms with van der Waals surface area (Å²) >= 11 is 0. The van der Waals surface area contributed by atoms with E-state index in [0.717, 1.165) is 11.3 Å². The second kappa shape index (κ2) is 9.57. The zero-order valence-electron chi connectivity index (χ0n) is 20.4. The lowest BCUT2D eigenvalue weighted by Gasteiger charge is -2.43. The van der Waals surface area contributed by atoms with Crippen LogP contribution in [0.2, 0.25) is 5.04 Å². The molecule has 3 aromatic carbocycles. The highest BCUT2D eigenvalue weighted by Gasteiger charge is 2.52. The molecule has 1 atom stereocenters. The molecule has 0 aliphatic carbocycles. The molecule has 0 amide bonds. The van der Waals surface area contributed by atoms with Gasteiger partial charge in [-0.25, -0.2) is 0 Å². The fraction of sp³-hybridized carbons (Fsp3) is 0.233. The summed E-state index contributed by atoms with van der Waals surface area (Å²) in [5.74, 6) is 0.759. The van der Waals surface area contributed by atoms with Crippen LogP contribution < -0.4 is 14.8 Å². The molecule has 0 aliphatic rings. The summed E-state index contributed by atoms with van der Waals surface area (Å²) in [5.41, 5.74) is 0.232. The molecule has 34 heavy (non-hydrogen) atoms. The van der Waals surface area contributed by atoms with Gasteiger partial charge in [0, 0.05) is 6.20 Å². The van der Waals surface area contributed by atoms with E-state index in [4.69, 9.17) is 4.43 Å².